The van der Waals surface area contributed by atoms with E-state index in [1.807, 2.05) is 0 Å². The quantitative estimate of drug-likeness (QED) is 0.278. The van der Waals surface area contributed by atoms with Crippen molar-refractivity contribution in [1.29, 1.82) is 0 Å². The molecule has 0 aliphatic heterocycles. The van der Waals surface area contributed by atoms with Gasteiger partial charge >= 0.3 is 0 Å². The Morgan fingerprint density at radius 3 is 2.17 bits per heavy atom. The highest BCUT2D eigenvalue weighted by Crippen LogP contribution is 2.32. The number of carbonyl (C=O) groups excluding carboxylic acids is 1. The lowest BCUT2D eigenvalue weighted by Gasteiger charge is -2.13. The van der Waals surface area contributed by atoms with E-state index >= 15 is 0 Å². The molecular weight excluding hydrogens is 377 g/mol. The van der Waals surface area contributed by atoms with Gasteiger partial charge in [0.1, 0.15) is 0 Å². The molecule has 0 N–H and O–H groups in total. The zero-order chi connectivity index (χ0) is 21.2. The van der Waals surface area contributed by atoms with Crippen LogP contribution in [0.3, 0.4) is 0 Å². The molecule has 0 spiro atoms. The van der Waals surface area contributed by atoms with Crippen molar-refractivity contribution in [2.24, 2.45) is 0 Å². The summed E-state index contributed by atoms with van der Waals surface area (Å²) >= 11 is 0. The van der Waals surface area contributed by atoms with Crippen LogP contribution in [0.2, 0.25) is 0 Å². The number of Topliss-reactive ketones (excluding diaryl/α,β-unsaturated/α-hetero) is 1. The lowest BCUT2D eigenvalue weighted by atomic mass is 9.98. The van der Waals surface area contributed by atoms with Crippen LogP contribution in [-0.2, 0) is 12.8 Å². The third-order valence-electron chi connectivity index (χ3n) is 4.89. The van der Waals surface area contributed by atoms with E-state index in [0.717, 1.165) is 32.1 Å². The number of halogens is 3. The minimum Gasteiger partial charge on any atom is -0.491 e. The second-order valence-corrected chi connectivity index (χ2v) is 7.12. The van der Waals surface area contributed by atoms with Gasteiger partial charge in [-0.25, -0.2) is 13.2 Å². The molecule has 0 aliphatic rings. The van der Waals surface area contributed by atoms with Crippen LogP contribution in [0.5, 0.6) is 5.75 Å². The summed E-state index contributed by atoms with van der Waals surface area (Å²) in [6.45, 7) is 3.95. The topological polar surface area (TPSA) is 26.3 Å². The zero-order valence-electron chi connectivity index (χ0n) is 17.1. The van der Waals surface area contributed by atoms with Crippen LogP contribution in [0.4, 0.5) is 13.2 Å². The van der Waals surface area contributed by atoms with Gasteiger partial charge in [-0.1, -0.05) is 44.0 Å². The molecule has 0 amide bonds. The molecule has 2 aromatic rings. The monoisotopic (exact) mass is 406 g/mol. The third kappa shape index (κ3) is 6.62. The van der Waals surface area contributed by atoms with Crippen LogP contribution in [0.1, 0.15) is 79.4 Å². The minimum absolute atomic E-state index is 0.128. The van der Waals surface area contributed by atoms with Gasteiger partial charge in [-0.05, 0) is 55.9 Å². The molecule has 2 nitrogen and oxygen atoms in total. The van der Waals surface area contributed by atoms with Crippen molar-refractivity contribution in [2.75, 3.05) is 6.61 Å². The number of carbonyl (C=O) groups is 1. The van der Waals surface area contributed by atoms with Crippen LogP contribution < -0.4 is 4.74 Å². The molecule has 0 fully saturated rings. The molecule has 0 aliphatic carbocycles. The Balaban J connectivity index is 1.86. The van der Waals surface area contributed by atoms with Gasteiger partial charge in [-0.2, -0.15) is 0 Å². The highest BCUT2D eigenvalue weighted by atomic mass is 19.3. The maximum absolute atomic E-state index is 14.3. The summed E-state index contributed by atoms with van der Waals surface area (Å²) in [5, 5.41) is 0. The van der Waals surface area contributed by atoms with E-state index in [9.17, 15) is 18.0 Å². The standard InChI is InChI=1S/C24H29F3O2/c1-3-8-17-11-13-18(14-12-17)9-6-5-7-10-20(28)19-15-16-21(29-4-2)23(25)22(19)24(26)27/h11-16,24H,3-10H2,1-2H3. The van der Waals surface area contributed by atoms with Crippen molar-refractivity contribution in [2.45, 2.75) is 65.2 Å². The molecule has 5 heteroatoms. The fourth-order valence-corrected chi connectivity index (χ4v) is 3.38. The van der Waals surface area contributed by atoms with E-state index < -0.39 is 23.6 Å². The molecule has 0 bridgehead atoms. The number of alkyl halides is 2. The van der Waals surface area contributed by atoms with Gasteiger partial charge in [0.25, 0.3) is 6.43 Å². The van der Waals surface area contributed by atoms with Crippen molar-refractivity contribution in [3.05, 3.63) is 64.5 Å². The van der Waals surface area contributed by atoms with Gasteiger partial charge in [0.15, 0.2) is 17.3 Å². The molecule has 0 unspecified atom stereocenters. The van der Waals surface area contributed by atoms with Crippen LogP contribution in [0.15, 0.2) is 36.4 Å². The fourth-order valence-electron chi connectivity index (χ4n) is 3.38. The lowest BCUT2D eigenvalue weighted by molar-refractivity contribution is 0.0961. The van der Waals surface area contributed by atoms with E-state index in [1.54, 1.807) is 6.92 Å². The Morgan fingerprint density at radius 2 is 1.59 bits per heavy atom. The number of hydrogen-bond acceptors (Lipinski definition) is 2. The van der Waals surface area contributed by atoms with Crippen LogP contribution in [0.25, 0.3) is 0 Å². The number of benzene rings is 2. The molecule has 0 aromatic heterocycles. The third-order valence-corrected chi connectivity index (χ3v) is 4.89. The van der Waals surface area contributed by atoms with Crippen molar-refractivity contribution < 1.29 is 22.7 Å². The zero-order valence-corrected chi connectivity index (χ0v) is 17.1. The summed E-state index contributed by atoms with van der Waals surface area (Å²) in [6, 6.07) is 11.1. The minimum atomic E-state index is -3.06. The fraction of sp³-hybridized carbons (Fsp3) is 0.458. The lowest BCUT2D eigenvalue weighted by Crippen LogP contribution is -2.08. The first-order valence-corrected chi connectivity index (χ1v) is 10.3. The predicted octanol–water partition coefficient (Wildman–Crippen LogP) is 7.10. The van der Waals surface area contributed by atoms with Crippen LogP contribution in [0, 0.1) is 5.82 Å². The normalized spacial score (nSPS) is 11.1. The molecule has 0 heterocycles. The van der Waals surface area contributed by atoms with Gasteiger partial charge in [-0.15, -0.1) is 0 Å². The summed E-state index contributed by atoms with van der Waals surface area (Å²) < 4.78 is 46.0. The van der Waals surface area contributed by atoms with Gasteiger partial charge < -0.3 is 4.74 Å². The van der Waals surface area contributed by atoms with Gasteiger partial charge in [-0.3, -0.25) is 4.79 Å². The van der Waals surface area contributed by atoms with E-state index in [1.165, 1.54) is 23.3 Å². The number of rotatable bonds is 12. The predicted molar refractivity (Wildman–Crippen MR) is 109 cm³/mol. The second-order valence-electron chi connectivity index (χ2n) is 7.12. The number of ether oxygens (including phenoxy) is 1. The van der Waals surface area contributed by atoms with Gasteiger partial charge in [0, 0.05) is 12.0 Å². The second kappa shape index (κ2) is 11.6. The number of hydrogen-bond donors (Lipinski definition) is 0. The number of aryl methyl sites for hydroxylation is 2. The average molecular weight is 406 g/mol. The van der Waals surface area contributed by atoms with E-state index in [4.69, 9.17) is 4.74 Å². The van der Waals surface area contributed by atoms with Crippen molar-refractivity contribution in [1.82, 2.24) is 0 Å². The maximum Gasteiger partial charge on any atom is 0.267 e. The molecule has 0 radical (unpaired) electrons. The summed E-state index contributed by atoms with van der Waals surface area (Å²) in [4.78, 5) is 12.4. The largest absolute Gasteiger partial charge is 0.491 e. The Labute approximate surface area is 171 Å². The molecule has 0 saturated heterocycles. The molecule has 2 rings (SSSR count). The average Bonchev–Trinajstić information content (AvgIpc) is 2.70. The first-order chi connectivity index (χ1) is 14.0. The summed E-state index contributed by atoms with van der Waals surface area (Å²) in [5.41, 5.74) is 1.49. The summed E-state index contributed by atoms with van der Waals surface area (Å²) in [6.07, 6.45) is 2.50. The van der Waals surface area contributed by atoms with E-state index in [2.05, 4.69) is 31.2 Å². The van der Waals surface area contributed by atoms with Crippen LogP contribution in [-0.4, -0.2) is 12.4 Å². The van der Waals surface area contributed by atoms with Gasteiger partial charge in [0.05, 0.1) is 12.2 Å². The molecular formula is C24H29F3O2. The number of unbranched alkanes of at least 4 members (excludes halogenated alkanes) is 2. The highest BCUT2D eigenvalue weighted by Gasteiger charge is 2.25. The molecule has 0 saturated carbocycles. The number of ketones is 1. The van der Waals surface area contributed by atoms with Crippen molar-refractivity contribution >= 4 is 5.78 Å². The Hall–Kier alpha value is -2.30. The summed E-state index contributed by atoms with van der Waals surface area (Å²) in [5.74, 6) is -1.84. The van der Waals surface area contributed by atoms with Crippen molar-refractivity contribution in [3.8, 4) is 5.75 Å². The highest BCUT2D eigenvalue weighted by molar-refractivity contribution is 5.97. The SMILES string of the molecule is CCCc1ccc(CCCCCC(=O)c2ccc(OCC)c(F)c2C(F)F)cc1. The Morgan fingerprint density at radius 1 is 0.931 bits per heavy atom. The molecule has 29 heavy (non-hydrogen) atoms. The van der Waals surface area contributed by atoms with Gasteiger partial charge in [0.2, 0.25) is 0 Å². The van der Waals surface area contributed by atoms with E-state index in [0.29, 0.717) is 6.42 Å². The Bertz CT molecular complexity index is 785. The first kappa shape index (κ1) is 23.0. The molecule has 2 aromatic carbocycles. The van der Waals surface area contributed by atoms with E-state index in [-0.39, 0.29) is 24.3 Å². The van der Waals surface area contributed by atoms with Crippen LogP contribution >= 0.6 is 0 Å². The molecule has 0 atom stereocenters. The smallest absolute Gasteiger partial charge is 0.267 e. The maximum atomic E-state index is 14.3. The van der Waals surface area contributed by atoms with Crippen molar-refractivity contribution in [3.63, 3.8) is 0 Å². The Kier molecular flexibility index (Phi) is 9.23. The summed E-state index contributed by atoms with van der Waals surface area (Å²) in [7, 11) is 0. The first-order valence-electron chi connectivity index (χ1n) is 10.3. The molecule has 158 valence electrons.